The minimum atomic E-state index is -0.988. The zero-order valence-corrected chi connectivity index (χ0v) is 13.0. The summed E-state index contributed by atoms with van der Waals surface area (Å²) in [6.45, 7) is 2.02. The molecule has 0 saturated carbocycles. The number of hydrogen-bond donors (Lipinski definition) is 1. The van der Waals surface area contributed by atoms with Gasteiger partial charge in [-0.2, -0.15) is 0 Å². The second-order valence-electron chi connectivity index (χ2n) is 3.37. The van der Waals surface area contributed by atoms with Crippen molar-refractivity contribution in [3.63, 3.8) is 0 Å². The van der Waals surface area contributed by atoms with Gasteiger partial charge in [-0.15, -0.1) is 0 Å². The van der Waals surface area contributed by atoms with Crippen LogP contribution in [-0.2, 0) is 4.74 Å². The minimum Gasteiger partial charge on any atom is -1.00 e. The van der Waals surface area contributed by atoms with Crippen molar-refractivity contribution < 1.29 is 67.4 Å². The van der Waals surface area contributed by atoms with Gasteiger partial charge in [0.1, 0.15) is 0 Å². The fourth-order valence-corrected chi connectivity index (χ4v) is 1.20. The molecule has 0 aliphatic heterocycles. The van der Waals surface area contributed by atoms with Crippen LogP contribution < -0.4 is 51.4 Å². The van der Waals surface area contributed by atoms with E-state index in [0.717, 1.165) is 12.8 Å². The van der Waals surface area contributed by atoms with E-state index in [1.807, 2.05) is 13.0 Å². The van der Waals surface area contributed by atoms with Gasteiger partial charge in [0, 0.05) is 6.42 Å². The van der Waals surface area contributed by atoms with Gasteiger partial charge in [0.25, 0.3) is 0 Å². The average molecular weight is 248 g/mol. The third-order valence-corrected chi connectivity index (χ3v) is 2.06. The van der Waals surface area contributed by atoms with E-state index in [4.69, 9.17) is 4.74 Å². The third-order valence-electron chi connectivity index (χ3n) is 2.06. The standard InChI is InChI=1S/C12H16O3.K.H/c1-2-3-9-11(13)15-12(14)10-7-5-4-6-8-10;;/h4-8,11,13H,2-3,9H2,1H3;;/q;+1;-1. The molecule has 1 aromatic carbocycles. The molecule has 0 amide bonds. The molecule has 84 valence electrons. The molecule has 0 aromatic heterocycles. The molecule has 1 N–H and O–H groups in total. The van der Waals surface area contributed by atoms with Gasteiger partial charge in [-0.05, 0) is 18.6 Å². The van der Waals surface area contributed by atoms with Crippen LogP contribution >= 0.6 is 0 Å². The van der Waals surface area contributed by atoms with Crippen LogP contribution in [-0.4, -0.2) is 17.4 Å². The first-order valence-corrected chi connectivity index (χ1v) is 5.18. The van der Waals surface area contributed by atoms with Crippen molar-refractivity contribution in [1.82, 2.24) is 0 Å². The minimum absolute atomic E-state index is 0. The van der Waals surface area contributed by atoms with E-state index >= 15 is 0 Å². The maximum absolute atomic E-state index is 11.4. The molecule has 0 heterocycles. The summed E-state index contributed by atoms with van der Waals surface area (Å²) >= 11 is 0. The van der Waals surface area contributed by atoms with Gasteiger partial charge in [-0.1, -0.05) is 31.5 Å². The van der Waals surface area contributed by atoms with Gasteiger partial charge in [0.05, 0.1) is 5.56 Å². The number of esters is 1. The van der Waals surface area contributed by atoms with Gasteiger partial charge >= 0.3 is 57.4 Å². The quantitative estimate of drug-likeness (QED) is 0.433. The molecule has 1 unspecified atom stereocenters. The molecule has 1 aromatic rings. The summed E-state index contributed by atoms with van der Waals surface area (Å²) in [5, 5.41) is 9.37. The molecule has 0 spiro atoms. The fraction of sp³-hybridized carbons (Fsp3) is 0.417. The molecule has 0 radical (unpaired) electrons. The maximum Gasteiger partial charge on any atom is 1.00 e. The van der Waals surface area contributed by atoms with Crippen molar-refractivity contribution in [1.29, 1.82) is 0 Å². The van der Waals surface area contributed by atoms with Gasteiger partial charge in [0.15, 0.2) is 0 Å². The van der Waals surface area contributed by atoms with E-state index in [0.29, 0.717) is 12.0 Å². The second kappa shape index (κ2) is 9.33. The first-order valence-electron chi connectivity index (χ1n) is 5.18. The topological polar surface area (TPSA) is 46.5 Å². The third kappa shape index (κ3) is 6.13. The molecular formula is C12H17KO3. The van der Waals surface area contributed by atoms with Crippen LogP contribution in [0.4, 0.5) is 0 Å². The first-order chi connectivity index (χ1) is 7.24. The molecule has 1 rings (SSSR count). The van der Waals surface area contributed by atoms with Gasteiger partial charge in [-0.25, -0.2) is 4.79 Å². The normalized spacial score (nSPS) is 11.4. The Hall–Kier alpha value is 0.286. The summed E-state index contributed by atoms with van der Waals surface area (Å²) in [5.41, 5.74) is 0.466. The number of aliphatic hydroxyl groups is 1. The number of rotatable bonds is 5. The fourth-order valence-electron chi connectivity index (χ4n) is 1.20. The summed E-state index contributed by atoms with van der Waals surface area (Å²) in [4.78, 5) is 11.4. The first kappa shape index (κ1) is 16.3. The SMILES string of the molecule is CCCCC(O)OC(=O)c1ccccc1.[H-].[K+]. The Morgan fingerprint density at radius 1 is 1.44 bits per heavy atom. The zero-order valence-electron chi connectivity index (χ0n) is 10.8. The summed E-state index contributed by atoms with van der Waals surface area (Å²) in [7, 11) is 0. The van der Waals surface area contributed by atoms with Crippen LogP contribution in [0.3, 0.4) is 0 Å². The molecule has 0 bridgehead atoms. The Morgan fingerprint density at radius 2 is 2.06 bits per heavy atom. The Bertz CT molecular complexity index is 306. The van der Waals surface area contributed by atoms with E-state index in [2.05, 4.69) is 0 Å². The van der Waals surface area contributed by atoms with E-state index in [1.54, 1.807) is 24.3 Å². The average Bonchev–Trinajstić information content (AvgIpc) is 2.27. The molecule has 0 aliphatic rings. The molecule has 0 aliphatic carbocycles. The summed E-state index contributed by atoms with van der Waals surface area (Å²) in [6.07, 6.45) is 1.33. The maximum atomic E-state index is 11.4. The van der Waals surface area contributed by atoms with Crippen molar-refractivity contribution in [2.45, 2.75) is 32.5 Å². The van der Waals surface area contributed by atoms with Crippen LogP contribution in [0.5, 0.6) is 0 Å². The molecule has 0 fully saturated rings. The predicted octanol–water partition coefficient (Wildman–Crippen LogP) is -0.532. The number of carbonyl (C=O) groups excluding carboxylic acids is 1. The van der Waals surface area contributed by atoms with Crippen molar-refractivity contribution in [2.24, 2.45) is 0 Å². The number of hydrogen-bond acceptors (Lipinski definition) is 3. The Morgan fingerprint density at radius 3 is 2.62 bits per heavy atom. The predicted molar refractivity (Wildman–Crippen MR) is 58.5 cm³/mol. The Labute approximate surface area is 140 Å². The molecular weight excluding hydrogens is 231 g/mol. The molecule has 0 saturated heterocycles. The van der Waals surface area contributed by atoms with Crippen molar-refractivity contribution in [3.8, 4) is 0 Å². The molecule has 16 heavy (non-hydrogen) atoms. The number of unbranched alkanes of at least 4 members (excludes halogenated alkanes) is 1. The van der Waals surface area contributed by atoms with Crippen LogP contribution in [0.15, 0.2) is 30.3 Å². The number of aliphatic hydroxyl groups excluding tert-OH is 1. The Balaban J connectivity index is 0. The van der Waals surface area contributed by atoms with E-state index in [1.165, 1.54) is 0 Å². The Kier molecular flexibility index (Phi) is 9.50. The summed E-state index contributed by atoms with van der Waals surface area (Å²) in [6, 6.07) is 8.66. The van der Waals surface area contributed by atoms with Crippen LogP contribution in [0.25, 0.3) is 0 Å². The van der Waals surface area contributed by atoms with Crippen molar-refractivity contribution in [2.75, 3.05) is 0 Å². The monoisotopic (exact) mass is 248 g/mol. The number of ether oxygens (including phenoxy) is 1. The van der Waals surface area contributed by atoms with Crippen LogP contribution in [0.1, 0.15) is 38.0 Å². The smallest absolute Gasteiger partial charge is 1.00 e. The van der Waals surface area contributed by atoms with Crippen molar-refractivity contribution >= 4 is 5.97 Å². The second-order valence-corrected chi connectivity index (χ2v) is 3.37. The molecule has 4 heteroatoms. The van der Waals surface area contributed by atoms with E-state index < -0.39 is 12.3 Å². The summed E-state index contributed by atoms with van der Waals surface area (Å²) < 4.78 is 4.86. The number of carbonyl (C=O) groups is 1. The van der Waals surface area contributed by atoms with Gasteiger partial charge < -0.3 is 11.3 Å². The zero-order chi connectivity index (χ0) is 11.1. The van der Waals surface area contributed by atoms with Gasteiger partial charge in [-0.3, -0.25) is 0 Å². The number of benzene rings is 1. The molecule has 1 atom stereocenters. The van der Waals surface area contributed by atoms with Crippen LogP contribution in [0.2, 0.25) is 0 Å². The summed E-state index contributed by atoms with van der Waals surface area (Å²) in [5.74, 6) is -0.473. The van der Waals surface area contributed by atoms with Crippen LogP contribution in [0, 0.1) is 0 Å². The van der Waals surface area contributed by atoms with E-state index in [-0.39, 0.29) is 52.8 Å². The van der Waals surface area contributed by atoms with E-state index in [9.17, 15) is 9.90 Å². The van der Waals surface area contributed by atoms with Gasteiger partial charge in [0.2, 0.25) is 6.29 Å². The largest absolute Gasteiger partial charge is 1.00 e. The molecule has 3 nitrogen and oxygen atoms in total. The van der Waals surface area contributed by atoms with Crippen molar-refractivity contribution in [3.05, 3.63) is 35.9 Å².